The van der Waals surface area contributed by atoms with Gasteiger partial charge in [-0.3, -0.25) is 9.11 Å². The second kappa shape index (κ2) is 11.8. The van der Waals surface area contributed by atoms with Crippen molar-refractivity contribution in [3.8, 4) is 0 Å². The van der Waals surface area contributed by atoms with E-state index in [9.17, 15) is 0 Å². The van der Waals surface area contributed by atoms with E-state index >= 15 is 0 Å². The van der Waals surface area contributed by atoms with Crippen LogP contribution in [0.2, 0.25) is 0 Å². The first-order valence-electron chi connectivity index (χ1n) is 0.957. The smallest absolute Gasteiger partial charge is 1.00 e. The first-order chi connectivity index (χ1) is 3.00. The Kier molecular flexibility index (Phi) is 29.5. The van der Waals surface area contributed by atoms with Gasteiger partial charge in [-0.05, 0) is 0 Å². The molecule has 0 aliphatic rings. The van der Waals surface area contributed by atoms with Crippen LogP contribution >= 0.6 is 12.4 Å². The summed E-state index contributed by atoms with van der Waals surface area (Å²) in [7, 11) is -4.67. The zero-order chi connectivity index (χ0) is 6.50. The van der Waals surface area contributed by atoms with E-state index in [1.165, 1.54) is 0 Å². The van der Waals surface area contributed by atoms with Crippen LogP contribution in [-0.4, -0.2) is 22.7 Å². The molecule has 0 amide bonds. The molecule has 9 heavy (non-hydrogen) atoms. The SMILES string of the molecule is Cl.NO.O=S(=O)(O)O.[H-].[Na+]. The van der Waals surface area contributed by atoms with Gasteiger partial charge in [0, 0.05) is 0 Å². The van der Waals surface area contributed by atoms with Gasteiger partial charge in [0.2, 0.25) is 0 Å². The van der Waals surface area contributed by atoms with Crippen molar-refractivity contribution in [2.24, 2.45) is 5.90 Å². The van der Waals surface area contributed by atoms with Gasteiger partial charge in [0.05, 0.1) is 0 Å². The molecule has 0 bridgehead atoms. The summed E-state index contributed by atoms with van der Waals surface area (Å²) in [4.78, 5) is 0. The van der Waals surface area contributed by atoms with E-state index in [-0.39, 0.29) is 43.4 Å². The zero-order valence-electron chi connectivity index (χ0n) is 5.55. The standard InChI is InChI=1S/ClH.H3NO.Na.H2O4S.H/c;1-2;;1-5(2,3)4;/h1H;2H,1H2;;(H2,1,2,3,4);/q;;+1;;-1. The van der Waals surface area contributed by atoms with E-state index in [0.717, 1.165) is 0 Å². The monoisotopic (exact) mass is 191 g/mol. The van der Waals surface area contributed by atoms with Gasteiger partial charge in [0.1, 0.15) is 0 Å². The first kappa shape index (κ1) is 22.5. The van der Waals surface area contributed by atoms with Crippen molar-refractivity contribution in [1.29, 1.82) is 0 Å². The fourth-order valence-electron chi connectivity index (χ4n) is 0. The second-order valence-corrected chi connectivity index (χ2v) is 1.34. The fraction of sp³-hybridized carbons (Fsp3) is 0. The maximum absolute atomic E-state index is 8.74. The molecular weight excluding hydrogens is 185 g/mol. The normalized spacial score (nSPS) is 7.11. The molecule has 0 atom stereocenters. The van der Waals surface area contributed by atoms with Gasteiger partial charge >= 0.3 is 40.0 Å². The molecule has 0 saturated carbocycles. The quantitative estimate of drug-likeness (QED) is 0.177. The molecule has 0 aliphatic carbocycles. The van der Waals surface area contributed by atoms with Gasteiger partial charge in [-0.15, -0.1) is 12.4 Å². The van der Waals surface area contributed by atoms with Crippen molar-refractivity contribution in [3.63, 3.8) is 0 Å². The van der Waals surface area contributed by atoms with Crippen LogP contribution in [0.25, 0.3) is 0 Å². The number of hydrogen-bond donors (Lipinski definition) is 4. The van der Waals surface area contributed by atoms with Crippen LogP contribution in [0.15, 0.2) is 0 Å². The maximum Gasteiger partial charge on any atom is 1.00 e. The zero-order valence-corrected chi connectivity index (χ0v) is 8.18. The van der Waals surface area contributed by atoms with E-state index < -0.39 is 10.4 Å². The molecule has 0 unspecified atom stereocenters. The predicted octanol–water partition coefficient (Wildman–Crippen LogP) is -3.78. The first-order valence-corrected chi connectivity index (χ1v) is 2.35. The molecule has 0 spiro atoms. The third-order valence-corrected chi connectivity index (χ3v) is 0. The second-order valence-electron chi connectivity index (χ2n) is 0.448. The van der Waals surface area contributed by atoms with Crippen molar-refractivity contribution < 1.29 is 53.7 Å². The fourth-order valence-corrected chi connectivity index (χ4v) is 0. The van der Waals surface area contributed by atoms with Crippen LogP contribution in [0.5, 0.6) is 0 Å². The molecule has 56 valence electrons. The number of halogens is 1. The molecule has 9 heteroatoms. The largest absolute Gasteiger partial charge is 1.00 e. The van der Waals surface area contributed by atoms with E-state index in [1.807, 2.05) is 0 Å². The average Bonchev–Trinajstić information content (AvgIpc) is 1.36. The third kappa shape index (κ3) is 390. The van der Waals surface area contributed by atoms with Crippen LogP contribution in [-0.2, 0) is 10.4 Å². The van der Waals surface area contributed by atoms with Crippen LogP contribution in [0.3, 0.4) is 0 Å². The molecule has 0 aromatic heterocycles. The van der Waals surface area contributed by atoms with Crippen LogP contribution in [0.4, 0.5) is 0 Å². The Bertz CT molecular complexity index is 105. The molecule has 0 aromatic rings. The number of nitrogens with two attached hydrogens (primary N) is 1. The maximum atomic E-state index is 8.74. The third-order valence-electron chi connectivity index (χ3n) is 0. The van der Waals surface area contributed by atoms with E-state index in [1.54, 1.807) is 0 Å². The number of hydrogen-bond acceptors (Lipinski definition) is 4. The minimum Gasteiger partial charge on any atom is -1.00 e. The van der Waals surface area contributed by atoms with E-state index in [0.29, 0.717) is 0 Å². The van der Waals surface area contributed by atoms with E-state index in [4.69, 9.17) is 22.7 Å². The molecule has 0 saturated heterocycles. The van der Waals surface area contributed by atoms with Crippen molar-refractivity contribution in [2.75, 3.05) is 0 Å². The Hall–Kier alpha value is 1.08. The van der Waals surface area contributed by atoms with Gasteiger partial charge in [-0.1, -0.05) is 0 Å². The Morgan fingerprint density at radius 1 is 1.22 bits per heavy atom. The Balaban J connectivity index is -0.0000000154. The number of rotatable bonds is 0. The molecule has 0 fully saturated rings. The Labute approximate surface area is 82.2 Å². The van der Waals surface area contributed by atoms with Gasteiger partial charge in [-0.2, -0.15) is 8.42 Å². The van der Waals surface area contributed by atoms with E-state index in [2.05, 4.69) is 5.90 Å². The molecule has 0 rings (SSSR count). The van der Waals surface area contributed by atoms with Crippen molar-refractivity contribution >= 4 is 22.8 Å². The minimum atomic E-state index is -4.67. The molecular formula is H7ClNNaO5S. The molecule has 0 aliphatic heterocycles. The average molecular weight is 192 g/mol. The summed E-state index contributed by atoms with van der Waals surface area (Å²) >= 11 is 0. The molecule has 0 radical (unpaired) electrons. The molecule has 0 aromatic carbocycles. The van der Waals surface area contributed by atoms with Gasteiger partial charge < -0.3 is 6.63 Å². The summed E-state index contributed by atoms with van der Waals surface area (Å²) in [6.45, 7) is 0. The molecule has 5 N–H and O–H groups in total. The van der Waals surface area contributed by atoms with Crippen molar-refractivity contribution in [1.82, 2.24) is 0 Å². The predicted molar refractivity (Wildman–Crippen MR) is 28.5 cm³/mol. The van der Waals surface area contributed by atoms with Crippen molar-refractivity contribution in [3.05, 3.63) is 0 Å². The summed E-state index contributed by atoms with van der Waals surface area (Å²) in [5.41, 5.74) is 0. The van der Waals surface area contributed by atoms with Crippen LogP contribution in [0, 0.1) is 0 Å². The van der Waals surface area contributed by atoms with Gasteiger partial charge in [0.15, 0.2) is 0 Å². The van der Waals surface area contributed by atoms with Gasteiger partial charge in [0.25, 0.3) is 0 Å². The molecule has 0 heterocycles. The van der Waals surface area contributed by atoms with Crippen LogP contribution < -0.4 is 35.5 Å². The summed E-state index contributed by atoms with van der Waals surface area (Å²) in [5, 5.41) is 6.50. The summed E-state index contributed by atoms with van der Waals surface area (Å²) < 4.78 is 31.6. The minimum absolute atomic E-state index is 0. The summed E-state index contributed by atoms with van der Waals surface area (Å²) in [5.74, 6) is 3.50. The van der Waals surface area contributed by atoms with Crippen molar-refractivity contribution in [2.45, 2.75) is 0 Å². The molecule has 6 nitrogen and oxygen atoms in total. The Morgan fingerprint density at radius 3 is 1.22 bits per heavy atom. The van der Waals surface area contributed by atoms with Crippen LogP contribution in [0.1, 0.15) is 1.43 Å². The summed E-state index contributed by atoms with van der Waals surface area (Å²) in [6, 6.07) is 0. The Morgan fingerprint density at radius 2 is 1.22 bits per heavy atom. The summed E-state index contributed by atoms with van der Waals surface area (Å²) in [6.07, 6.45) is 0. The van der Waals surface area contributed by atoms with Gasteiger partial charge in [-0.25, -0.2) is 5.90 Å². The topological polar surface area (TPSA) is 121 Å².